The second-order valence-electron chi connectivity index (χ2n) is 2.77. The second-order valence-corrected chi connectivity index (χ2v) is 2.77. The number of carbonyl (C=O) groups is 2. The van der Waals surface area contributed by atoms with Gasteiger partial charge in [-0.15, -0.1) is 0 Å². The Hall–Kier alpha value is -1.52. The standard InChI is InChI=1S/C9H15NO4/c1-4-14-9(13)7(3)10-8(12)5-6(2)11/h5,7,11H,4H2,1-3H3,(H,10,12)/t7-/m0/s1. The van der Waals surface area contributed by atoms with E-state index in [0.717, 1.165) is 6.08 Å². The molecule has 0 rings (SSSR count). The van der Waals surface area contributed by atoms with Crippen LogP contribution in [0.4, 0.5) is 0 Å². The molecule has 0 unspecified atom stereocenters. The molecule has 0 radical (unpaired) electrons. The van der Waals surface area contributed by atoms with Crippen LogP contribution in [0.5, 0.6) is 0 Å². The molecule has 0 aliphatic carbocycles. The number of carbonyl (C=O) groups excluding carboxylic acids is 2. The SMILES string of the molecule is CCOC(=O)[C@H](C)NC(=O)C=C(C)O. The van der Waals surface area contributed by atoms with Crippen LogP contribution < -0.4 is 5.32 Å². The highest BCUT2D eigenvalue weighted by molar-refractivity contribution is 5.91. The average Bonchev–Trinajstić information content (AvgIpc) is 2.02. The first kappa shape index (κ1) is 12.5. The van der Waals surface area contributed by atoms with E-state index in [1.165, 1.54) is 13.8 Å². The summed E-state index contributed by atoms with van der Waals surface area (Å²) in [6.07, 6.45) is 0.996. The largest absolute Gasteiger partial charge is 0.512 e. The summed E-state index contributed by atoms with van der Waals surface area (Å²) in [5, 5.41) is 11.1. The van der Waals surface area contributed by atoms with Crippen molar-refractivity contribution in [1.82, 2.24) is 5.32 Å². The molecule has 0 bridgehead atoms. The topological polar surface area (TPSA) is 75.6 Å². The Kier molecular flexibility index (Phi) is 5.36. The van der Waals surface area contributed by atoms with Gasteiger partial charge in [0.1, 0.15) is 6.04 Å². The molecule has 0 spiro atoms. The van der Waals surface area contributed by atoms with Gasteiger partial charge in [-0.25, -0.2) is 4.79 Å². The monoisotopic (exact) mass is 201 g/mol. The van der Waals surface area contributed by atoms with E-state index < -0.39 is 17.9 Å². The number of aliphatic hydroxyl groups is 1. The van der Waals surface area contributed by atoms with Gasteiger partial charge in [-0.2, -0.15) is 0 Å². The molecule has 80 valence electrons. The Morgan fingerprint density at radius 2 is 2.14 bits per heavy atom. The first-order valence-corrected chi connectivity index (χ1v) is 4.31. The minimum absolute atomic E-state index is 0.112. The normalized spacial score (nSPS) is 13.2. The summed E-state index contributed by atoms with van der Waals surface area (Å²) < 4.78 is 4.67. The quantitative estimate of drug-likeness (QED) is 0.395. The Morgan fingerprint density at radius 1 is 1.57 bits per heavy atom. The van der Waals surface area contributed by atoms with E-state index in [-0.39, 0.29) is 12.4 Å². The summed E-state index contributed by atoms with van der Waals surface area (Å²) in [7, 11) is 0. The summed E-state index contributed by atoms with van der Waals surface area (Å²) in [5.41, 5.74) is 0. The number of hydrogen-bond donors (Lipinski definition) is 2. The lowest BCUT2D eigenvalue weighted by Gasteiger charge is -2.10. The van der Waals surface area contributed by atoms with Crippen molar-refractivity contribution in [3.05, 3.63) is 11.8 Å². The van der Waals surface area contributed by atoms with Crippen molar-refractivity contribution in [2.75, 3.05) is 6.61 Å². The van der Waals surface area contributed by atoms with E-state index in [9.17, 15) is 9.59 Å². The van der Waals surface area contributed by atoms with Gasteiger partial charge < -0.3 is 15.2 Å². The van der Waals surface area contributed by atoms with Gasteiger partial charge in [0.05, 0.1) is 12.4 Å². The van der Waals surface area contributed by atoms with Crippen molar-refractivity contribution in [3.8, 4) is 0 Å². The highest BCUT2D eigenvalue weighted by Gasteiger charge is 2.15. The molecule has 5 heteroatoms. The molecule has 0 aromatic carbocycles. The van der Waals surface area contributed by atoms with Gasteiger partial charge in [-0.1, -0.05) is 0 Å². The molecule has 0 heterocycles. The van der Waals surface area contributed by atoms with E-state index in [1.807, 2.05) is 0 Å². The van der Waals surface area contributed by atoms with Crippen molar-refractivity contribution >= 4 is 11.9 Å². The van der Waals surface area contributed by atoms with Crippen LogP contribution in [0.2, 0.25) is 0 Å². The van der Waals surface area contributed by atoms with Crippen LogP contribution in [0.25, 0.3) is 0 Å². The highest BCUT2D eigenvalue weighted by atomic mass is 16.5. The number of allylic oxidation sites excluding steroid dienone is 1. The van der Waals surface area contributed by atoms with Gasteiger partial charge in [0.2, 0.25) is 5.91 Å². The molecule has 0 aromatic rings. The zero-order chi connectivity index (χ0) is 11.1. The average molecular weight is 201 g/mol. The van der Waals surface area contributed by atoms with Gasteiger partial charge in [-0.3, -0.25) is 4.79 Å². The first-order valence-electron chi connectivity index (χ1n) is 4.31. The van der Waals surface area contributed by atoms with E-state index >= 15 is 0 Å². The lowest BCUT2D eigenvalue weighted by Crippen LogP contribution is -2.38. The number of esters is 1. The van der Waals surface area contributed by atoms with E-state index in [4.69, 9.17) is 5.11 Å². The van der Waals surface area contributed by atoms with Gasteiger partial charge in [0.25, 0.3) is 0 Å². The van der Waals surface area contributed by atoms with E-state index in [0.29, 0.717) is 0 Å². The first-order chi connectivity index (χ1) is 6.47. The van der Waals surface area contributed by atoms with E-state index in [2.05, 4.69) is 10.1 Å². The number of ether oxygens (including phenoxy) is 1. The Labute approximate surface area is 82.7 Å². The molecule has 0 fully saturated rings. The molecule has 1 amide bonds. The third kappa shape index (κ3) is 5.18. The Morgan fingerprint density at radius 3 is 2.57 bits per heavy atom. The number of aliphatic hydroxyl groups excluding tert-OH is 1. The predicted octanol–water partition coefficient (Wildman–Crippen LogP) is 0.516. The Bertz CT molecular complexity index is 243. The molecule has 0 aromatic heterocycles. The summed E-state index contributed by atoms with van der Waals surface area (Å²) in [6.45, 7) is 4.84. The maximum atomic E-state index is 11.0. The third-order valence-electron chi connectivity index (χ3n) is 1.34. The maximum Gasteiger partial charge on any atom is 0.328 e. The molecule has 1 atom stereocenters. The zero-order valence-electron chi connectivity index (χ0n) is 8.53. The van der Waals surface area contributed by atoms with Crippen molar-refractivity contribution in [2.24, 2.45) is 0 Å². The fraction of sp³-hybridized carbons (Fsp3) is 0.556. The van der Waals surface area contributed by atoms with Crippen LogP contribution >= 0.6 is 0 Å². The number of rotatable bonds is 4. The van der Waals surface area contributed by atoms with Crippen LogP contribution in [-0.2, 0) is 14.3 Å². The molecule has 2 N–H and O–H groups in total. The molecule has 14 heavy (non-hydrogen) atoms. The summed E-state index contributed by atoms with van der Waals surface area (Å²) >= 11 is 0. The van der Waals surface area contributed by atoms with Crippen LogP contribution in [-0.4, -0.2) is 29.6 Å². The molecule has 5 nitrogen and oxygen atoms in total. The molecular formula is C9H15NO4. The van der Waals surface area contributed by atoms with Crippen molar-refractivity contribution < 1.29 is 19.4 Å². The van der Waals surface area contributed by atoms with Crippen LogP contribution in [0, 0.1) is 0 Å². The smallest absolute Gasteiger partial charge is 0.328 e. The molecular weight excluding hydrogens is 186 g/mol. The van der Waals surface area contributed by atoms with Gasteiger partial charge in [0.15, 0.2) is 0 Å². The molecule has 0 aliphatic heterocycles. The summed E-state index contributed by atoms with van der Waals surface area (Å²) in [6, 6.07) is -0.710. The number of nitrogens with one attached hydrogen (secondary N) is 1. The second kappa shape index (κ2) is 6.01. The highest BCUT2D eigenvalue weighted by Crippen LogP contribution is 1.90. The van der Waals surface area contributed by atoms with Gasteiger partial charge in [0, 0.05) is 6.08 Å². The van der Waals surface area contributed by atoms with Crippen LogP contribution in [0.1, 0.15) is 20.8 Å². The fourth-order valence-corrected chi connectivity index (χ4v) is 0.771. The minimum atomic E-state index is -0.710. The zero-order valence-corrected chi connectivity index (χ0v) is 8.53. The van der Waals surface area contributed by atoms with Crippen molar-refractivity contribution in [2.45, 2.75) is 26.8 Å². The number of hydrogen-bond acceptors (Lipinski definition) is 4. The van der Waals surface area contributed by atoms with Crippen LogP contribution in [0.3, 0.4) is 0 Å². The lowest BCUT2D eigenvalue weighted by atomic mass is 10.3. The fourth-order valence-electron chi connectivity index (χ4n) is 0.771. The van der Waals surface area contributed by atoms with Gasteiger partial charge in [-0.05, 0) is 20.8 Å². The van der Waals surface area contributed by atoms with Crippen molar-refractivity contribution in [3.63, 3.8) is 0 Å². The molecule has 0 aliphatic rings. The lowest BCUT2D eigenvalue weighted by molar-refractivity contribution is -0.146. The third-order valence-corrected chi connectivity index (χ3v) is 1.34. The minimum Gasteiger partial charge on any atom is -0.512 e. The maximum absolute atomic E-state index is 11.0. The number of amides is 1. The van der Waals surface area contributed by atoms with Crippen LogP contribution in [0.15, 0.2) is 11.8 Å². The van der Waals surface area contributed by atoms with E-state index in [1.54, 1.807) is 6.92 Å². The van der Waals surface area contributed by atoms with Crippen molar-refractivity contribution in [1.29, 1.82) is 0 Å². The van der Waals surface area contributed by atoms with Gasteiger partial charge >= 0.3 is 5.97 Å². The Balaban J connectivity index is 4.06. The molecule has 0 saturated carbocycles. The predicted molar refractivity (Wildman–Crippen MR) is 50.6 cm³/mol. The molecule has 0 saturated heterocycles. The summed E-state index contributed by atoms with van der Waals surface area (Å²) in [4.78, 5) is 22.1. The summed E-state index contributed by atoms with van der Waals surface area (Å²) in [5.74, 6) is -1.13.